The first-order valence-corrected chi connectivity index (χ1v) is 17.5. The van der Waals surface area contributed by atoms with Crippen LogP contribution in [0, 0.1) is 0 Å². The minimum Gasteiger partial charge on any atom is -0.309 e. The molecule has 0 unspecified atom stereocenters. The van der Waals surface area contributed by atoms with Crippen molar-refractivity contribution in [3.8, 4) is 51.0 Å². The topological polar surface area (TPSA) is 43.6 Å². The predicted octanol–water partition coefficient (Wildman–Crippen LogP) is 12.0. The van der Waals surface area contributed by atoms with E-state index in [2.05, 4.69) is 114 Å². The molecule has 10 rings (SSSR count). The Morgan fingerprint density at radius 3 is 1.62 bits per heavy atom. The van der Waals surface area contributed by atoms with Gasteiger partial charge in [-0.15, -0.1) is 11.3 Å². The smallest absolute Gasteiger partial charge is 0.164 e. The average molecular weight is 657 g/mol. The second kappa shape index (κ2) is 11.6. The summed E-state index contributed by atoms with van der Waals surface area (Å²) in [5.41, 5.74) is 8.89. The first-order valence-electron chi connectivity index (χ1n) is 16.7. The summed E-state index contributed by atoms with van der Waals surface area (Å²) in [6.07, 6.45) is 0. The molecule has 3 aromatic heterocycles. The van der Waals surface area contributed by atoms with Crippen molar-refractivity contribution < 1.29 is 0 Å². The van der Waals surface area contributed by atoms with Gasteiger partial charge in [-0.3, -0.25) is 0 Å². The molecular weight excluding hydrogens is 629 g/mol. The maximum atomic E-state index is 4.97. The Hall–Kier alpha value is -6.43. The molecule has 0 aliphatic rings. The van der Waals surface area contributed by atoms with Crippen LogP contribution < -0.4 is 0 Å². The number of rotatable bonds is 5. The van der Waals surface area contributed by atoms with Gasteiger partial charge in [0.25, 0.3) is 0 Å². The Labute approximate surface area is 292 Å². The van der Waals surface area contributed by atoms with E-state index < -0.39 is 0 Å². The van der Waals surface area contributed by atoms with Gasteiger partial charge in [0.05, 0.1) is 11.0 Å². The van der Waals surface area contributed by atoms with Gasteiger partial charge in [-0.1, -0.05) is 127 Å². The molecule has 0 saturated carbocycles. The first-order chi connectivity index (χ1) is 24.8. The van der Waals surface area contributed by atoms with Crippen molar-refractivity contribution >= 4 is 53.3 Å². The van der Waals surface area contributed by atoms with E-state index in [1.165, 1.54) is 53.1 Å². The molecular formula is C45H28N4S. The molecule has 3 heterocycles. The predicted molar refractivity (Wildman–Crippen MR) is 209 cm³/mol. The Morgan fingerprint density at radius 2 is 0.920 bits per heavy atom. The fraction of sp³-hybridized carbons (Fsp3) is 0. The van der Waals surface area contributed by atoms with Crippen LogP contribution in [-0.2, 0) is 0 Å². The van der Waals surface area contributed by atoms with E-state index >= 15 is 0 Å². The molecule has 4 nitrogen and oxygen atoms in total. The van der Waals surface area contributed by atoms with Gasteiger partial charge in [-0.2, -0.15) is 0 Å². The fourth-order valence-corrected chi connectivity index (χ4v) is 8.17. The lowest BCUT2D eigenvalue weighted by molar-refractivity contribution is 1.07. The lowest BCUT2D eigenvalue weighted by atomic mass is 10.0. The molecule has 7 aromatic carbocycles. The molecule has 234 valence electrons. The molecule has 0 radical (unpaired) electrons. The van der Waals surface area contributed by atoms with E-state index in [9.17, 15) is 0 Å². The molecule has 0 atom stereocenters. The van der Waals surface area contributed by atoms with Crippen LogP contribution in [0.15, 0.2) is 170 Å². The highest BCUT2D eigenvalue weighted by Gasteiger charge is 2.17. The van der Waals surface area contributed by atoms with Crippen LogP contribution >= 0.6 is 11.3 Å². The lowest BCUT2D eigenvalue weighted by Crippen LogP contribution is -1.99. The molecule has 0 N–H and O–H groups in total. The Morgan fingerprint density at radius 1 is 0.340 bits per heavy atom. The van der Waals surface area contributed by atoms with E-state index in [0.717, 1.165) is 22.4 Å². The summed E-state index contributed by atoms with van der Waals surface area (Å²) in [4.78, 5) is 14.8. The summed E-state index contributed by atoms with van der Waals surface area (Å²) >= 11 is 1.80. The number of hydrogen-bond acceptors (Lipinski definition) is 4. The molecule has 0 bridgehead atoms. The first kappa shape index (κ1) is 28.6. The molecule has 10 aromatic rings. The van der Waals surface area contributed by atoms with Gasteiger partial charge < -0.3 is 4.57 Å². The SMILES string of the molecule is c1ccc(-c2ccc3c(c2)c2ccccc2n3-c2ccc3sc4cc(-c5nc(-c6ccccc6)nc(-c6ccccc6)n5)ccc4c3c2)cc1. The third-order valence-electron chi connectivity index (χ3n) is 9.45. The van der Waals surface area contributed by atoms with E-state index in [0.29, 0.717) is 17.5 Å². The van der Waals surface area contributed by atoms with E-state index in [1.54, 1.807) is 11.3 Å². The summed E-state index contributed by atoms with van der Waals surface area (Å²) in [6.45, 7) is 0. The quantitative estimate of drug-likeness (QED) is 0.185. The maximum Gasteiger partial charge on any atom is 0.164 e. The number of nitrogens with zero attached hydrogens (tertiary/aromatic N) is 4. The molecule has 0 aliphatic carbocycles. The molecule has 0 amide bonds. The highest BCUT2D eigenvalue weighted by Crippen LogP contribution is 2.40. The van der Waals surface area contributed by atoms with Gasteiger partial charge in [0.2, 0.25) is 0 Å². The third-order valence-corrected chi connectivity index (χ3v) is 10.6. The highest BCUT2D eigenvalue weighted by atomic mass is 32.1. The minimum absolute atomic E-state index is 0.664. The zero-order chi connectivity index (χ0) is 33.0. The normalized spacial score (nSPS) is 11.6. The number of thiophene rings is 1. The number of para-hydroxylation sites is 1. The summed E-state index contributed by atoms with van der Waals surface area (Å²) in [5.74, 6) is 1.99. The van der Waals surface area contributed by atoms with Crippen molar-refractivity contribution in [1.29, 1.82) is 0 Å². The van der Waals surface area contributed by atoms with Crippen LogP contribution in [0.4, 0.5) is 0 Å². The molecule has 0 spiro atoms. The van der Waals surface area contributed by atoms with E-state index in [4.69, 9.17) is 15.0 Å². The van der Waals surface area contributed by atoms with Crippen LogP contribution in [0.1, 0.15) is 0 Å². The Kier molecular flexibility index (Phi) is 6.64. The summed E-state index contributed by atoms with van der Waals surface area (Å²) in [7, 11) is 0. The number of aromatic nitrogens is 4. The standard InChI is InChI=1S/C45H28N4S/c1-4-12-29(13-5-1)32-21-24-40-37(26-32)35-18-10-11-19-39(35)49(40)34-22-25-41-38(28-34)36-23-20-33(27-42(36)50-41)45-47-43(30-14-6-2-7-15-30)46-44(48-45)31-16-8-3-9-17-31/h1-28H. The summed E-state index contributed by atoms with van der Waals surface area (Å²) in [6, 6.07) is 59.8. The molecule has 50 heavy (non-hydrogen) atoms. The lowest BCUT2D eigenvalue weighted by Gasteiger charge is -2.09. The van der Waals surface area contributed by atoms with Gasteiger partial charge >= 0.3 is 0 Å². The second-order valence-corrected chi connectivity index (χ2v) is 13.6. The van der Waals surface area contributed by atoms with Crippen LogP contribution in [0.5, 0.6) is 0 Å². The van der Waals surface area contributed by atoms with Crippen molar-refractivity contribution in [2.75, 3.05) is 0 Å². The molecule has 0 fully saturated rings. The van der Waals surface area contributed by atoms with Crippen LogP contribution in [0.2, 0.25) is 0 Å². The van der Waals surface area contributed by atoms with E-state index in [1.807, 2.05) is 60.7 Å². The second-order valence-electron chi connectivity index (χ2n) is 12.5. The summed E-state index contributed by atoms with van der Waals surface area (Å²) < 4.78 is 4.85. The van der Waals surface area contributed by atoms with Gasteiger partial charge in [0.1, 0.15) is 0 Å². The van der Waals surface area contributed by atoms with Crippen molar-refractivity contribution in [3.05, 3.63) is 170 Å². The van der Waals surface area contributed by atoms with Crippen LogP contribution in [0.3, 0.4) is 0 Å². The van der Waals surface area contributed by atoms with E-state index in [-0.39, 0.29) is 0 Å². The molecule has 0 saturated heterocycles. The number of hydrogen-bond donors (Lipinski definition) is 0. The number of fused-ring (bicyclic) bond motifs is 6. The van der Waals surface area contributed by atoms with Crippen molar-refractivity contribution in [3.63, 3.8) is 0 Å². The number of benzene rings is 7. The van der Waals surface area contributed by atoms with Gasteiger partial charge in [-0.05, 0) is 53.6 Å². The van der Waals surface area contributed by atoms with Crippen molar-refractivity contribution in [2.45, 2.75) is 0 Å². The molecule has 5 heteroatoms. The zero-order valence-electron chi connectivity index (χ0n) is 26.9. The third kappa shape index (κ3) is 4.79. The van der Waals surface area contributed by atoms with Crippen LogP contribution in [0.25, 0.3) is 93.0 Å². The van der Waals surface area contributed by atoms with Crippen molar-refractivity contribution in [1.82, 2.24) is 19.5 Å². The Balaban J connectivity index is 1.10. The Bertz CT molecular complexity index is 2800. The largest absolute Gasteiger partial charge is 0.309 e. The van der Waals surface area contributed by atoms with Gasteiger partial charge in [-0.25, -0.2) is 15.0 Å². The average Bonchev–Trinajstić information content (AvgIpc) is 3.73. The maximum absolute atomic E-state index is 4.97. The molecule has 0 aliphatic heterocycles. The van der Waals surface area contributed by atoms with Crippen LogP contribution in [-0.4, -0.2) is 19.5 Å². The van der Waals surface area contributed by atoms with Gasteiger partial charge in [0.15, 0.2) is 17.5 Å². The summed E-state index contributed by atoms with van der Waals surface area (Å²) in [5, 5.41) is 4.97. The monoisotopic (exact) mass is 656 g/mol. The fourth-order valence-electron chi connectivity index (χ4n) is 7.04. The highest BCUT2D eigenvalue weighted by molar-refractivity contribution is 7.25. The van der Waals surface area contributed by atoms with Gasteiger partial charge in [0, 0.05) is 53.3 Å². The zero-order valence-corrected chi connectivity index (χ0v) is 27.7. The minimum atomic E-state index is 0.664. The van der Waals surface area contributed by atoms with Crippen molar-refractivity contribution in [2.24, 2.45) is 0 Å².